The van der Waals surface area contributed by atoms with Crippen LogP contribution in [0.5, 0.6) is 0 Å². The molecule has 0 aromatic heterocycles. The summed E-state index contributed by atoms with van der Waals surface area (Å²) in [6.07, 6.45) is -3.85. The molecule has 0 atom stereocenters. The lowest BCUT2D eigenvalue weighted by molar-refractivity contribution is -0.138. The molecule has 0 amide bonds. The summed E-state index contributed by atoms with van der Waals surface area (Å²) in [4.78, 5) is 0. The molecule has 0 bridgehead atoms. The van der Waals surface area contributed by atoms with E-state index < -0.39 is 11.7 Å². The lowest BCUT2D eigenvalue weighted by Gasteiger charge is -2.10. The largest absolute Gasteiger partial charge is 0.416 e. The van der Waals surface area contributed by atoms with E-state index in [4.69, 9.17) is 0 Å². The lowest BCUT2D eigenvalue weighted by Crippen LogP contribution is -2.08. The second-order valence-corrected chi connectivity index (χ2v) is 2.43. The van der Waals surface area contributed by atoms with Crippen LogP contribution >= 0.6 is 0 Å². The van der Waals surface area contributed by atoms with Crippen molar-refractivity contribution in [2.75, 3.05) is 0 Å². The predicted octanol–water partition coefficient (Wildman–Crippen LogP) is 3.07. The van der Waals surface area contributed by atoms with E-state index >= 15 is 0 Å². The monoisotopic (exact) mass is 173 g/mol. The van der Waals surface area contributed by atoms with Gasteiger partial charge in [0.15, 0.2) is 0 Å². The predicted molar refractivity (Wildman–Crippen MR) is 39.7 cm³/mol. The van der Waals surface area contributed by atoms with Gasteiger partial charge in [-0.3, -0.25) is 0 Å². The molecule has 0 saturated heterocycles. The first-order valence-corrected chi connectivity index (χ1v) is 3.62. The van der Waals surface area contributed by atoms with Crippen molar-refractivity contribution in [2.24, 2.45) is 0 Å². The first-order chi connectivity index (χ1) is 5.55. The molecule has 1 aromatic carbocycles. The zero-order valence-electron chi connectivity index (χ0n) is 6.57. The second-order valence-electron chi connectivity index (χ2n) is 2.43. The van der Waals surface area contributed by atoms with E-state index in [2.05, 4.69) is 6.07 Å². The Morgan fingerprint density at radius 1 is 1.42 bits per heavy atom. The van der Waals surface area contributed by atoms with E-state index in [0.29, 0.717) is 12.0 Å². The summed E-state index contributed by atoms with van der Waals surface area (Å²) in [5.41, 5.74) is -0.256. The first kappa shape index (κ1) is 9.10. The molecular formula is C9H8F3. The highest BCUT2D eigenvalue weighted by atomic mass is 19.4. The minimum Gasteiger partial charge on any atom is -0.166 e. The van der Waals surface area contributed by atoms with Crippen LogP contribution in [0.25, 0.3) is 0 Å². The van der Waals surface area contributed by atoms with Crippen LogP contribution in [0.1, 0.15) is 18.1 Å². The van der Waals surface area contributed by atoms with Crippen LogP contribution in [0.2, 0.25) is 0 Å². The number of benzene rings is 1. The molecule has 0 spiro atoms. The van der Waals surface area contributed by atoms with Gasteiger partial charge in [0, 0.05) is 0 Å². The van der Waals surface area contributed by atoms with Crippen LogP contribution in [0, 0.1) is 6.07 Å². The van der Waals surface area contributed by atoms with Gasteiger partial charge in [-0.2, -0.15) is 13.2 Å². The molecule has 12 heavy (non-hydrogen) atoms. The standard InChI is InChI=1S/C9H8F3/c1-2-7-5-3-4-6-8(7)9(10,11)12/h4-6H,2H2,1H3. The third-order valence-electron chi connectivity index (χ3n) is 1.64. The van der Waals surface area contributed by atoms with Crippen molar-refractivity contribution in [1.82, 2.24) is 0 Å². The van der Waals surface area contributed by atoms with E-state index in [1.54, 1.807) is 6.92 Å². The molecule has 0 fully saturated rings. The molecular weight excluding hydrogens is 165 g/mol. The maximum Gasteiger partial charge on any atom is 0.416 e. The molecule has 0 aliphatic rings. The third kappa shape index (κ3) is 1.78. The zero-order chi connectivity index (χ0) is 9.19. The van der Waals surface area contributed by atoms with Gasteiger partial charge in [0.1, 0.15) is 0 Å². The van der Waals surface area contributed by atoms with Gasteiger partial charge in [-0.25, -0.2) is 0 Å². The fourth-order valence-electron chi connectivity index (χ4n) is 1.03. The maximum atomic E-state index is 12.2. The number of hydrogen-bond donors (Lipinski definition) is 0. The minimum absolute atomic E-state index is 0.296. The molecule has 1 rings (SSSR count). The second kappa shape index (κ2) is 3.17. The molecule has 1 radical (unpaired) electrons. The summed E-state index contributed by atoms with van der Waals surface area (Å²) in [7, 11) is 0. The Bertz CT molecular complexity index is 263. The van der Waals surface area contributed by atoms with Gasteiger partial charge in [0.25, 0.3) is 0 Å². The number of hydrogen-bond acceptors (Lipinski definition) is 0. The van der Waals surface area contributed by atoms with Crippen molar-refractivity contribution in [3.8, 4) is 0 Å². The van der Waals surface area contributed by atoms with E-state index in [-0.39, 0.29) is 0 Å². The number of rotatable bonds is 1. The Morgan fingerprint density at radius 3 is 2.50 bits per heavy atom. The highest BCUT2D eigenvalue weighted by Gasteiger charge is 2.32. The quantitative estimate of drug-likeness (QED) is 0.612. The van der Waals surface area contributed by atoms with Gasteiger partial charge in [-0.15, -0.1) is 0 Å². The average Bonchev–Trinajstić information content (AvgIpc) is 2.03. The van der Waals surface area contributed by atoms with Crippen molar-refractivity contribution in [2.45, 2.75) is 19.5 Å². The minimum atomic E-state index is -4.24. The number of aryl methyl sites for hydroxylation is 1. The van der Waals surface area contributed by atoms with Crippen LogP contribution in [-0.4, -0.2) is 0 Å². The third-order valence-corrected chi connectivity index (χ3v) is 1.64. The van der Waals surface area contributed by atoms with Crippen LogP contribution in [-0.2, 0) is 12.6 Å². The Morgan fingerprint density at radius 2 is 2.08 bits per heavy atom. The SMILES string of the molecule is CCc1c[c]ccc1C(F)(F)F. The van der Waals surface area contributed by atoms with Gasteiger partial charge in [0.05, 0.1) is 5.56 Å². The molecule has 0 aliphatic heterocycles. The summed E-state index contributed by atoms with van der Waals surface area (Å²) in [6, 6.07) is 6.34. The van der Waals surface area contributed by atoms with E-state index in [1.165, 1.54) is 12.1 Å². The van der Waals surface area contributed by atoms with Gasteiger partial charge in [-0.05, 0) is 24.1 Å². The Balaban J connectivity index is 3.14. The molecule has 1 aromatic rings. The highest BCUT2D eigenvalue weighted by Crippen LogP contribution is 2.31. The topological polar surface area (TPSA) is 0 Å². The highest BCUT2D eigenvalue weighted by molar-refractivity contribution is 5.28. The number of alkyl halides is 3. The van der Waals surface area contributed by atoms with Gasteiger partial charge >= 0.3 is 6.18 Å². The normalized spacial score (nSPS) is 11.7. The Kier molecular flexibility index (Phi) is 2.40. The molecule has 0 saturated carbocycles. The number of halogens is 3. The van der Waals surface area contributed by atoms with E-state index in [0.717, 1.165) is 6.07 Å². The molecule has 0 unspecified atom stereocenters. The Labute approximate surface area is 69.0 Å². The smallest absolute Gasteiger partial charge is 0.166 e. The maximum absolute atomic E-state index is 12.2. The molecule has 3 heteroatoms. The lowest BCUT2D eigenvalue weighted by atomic mass is 10.1. The Hall–Kier alpha value is -0.990. The van der Waals surface area contributed by atoms with E-state index in [1.807, 2.05) is 0 Å². The molecule has 0 heterocycles. The fraction of sp³-hybridized carbons (Fsp3) is 0.333. The zero-order valence-corrected chi connectivity index (χ0v) is 6.57. The van der Waals surface area contributed by atoms with Gasteiger partial charge < -0.3 is 0 Å². The van der Waals surface area contributed by atoms with Crippen LogP contribution in [0.3, 0.4) is 0 Å². The molecule has 65 valence electrons. The fourth-order valence-corrected chi connectivity index (χ4v) is 1.03. The van der Waals surface area contributed by atoms with Gasteiger partial charge in [0.2, 0.25) is 0 Å². The first-order valence-electron chi connectivity index (χ1n) is 3.62. The summed E-state index contributed by atoms with van der Waals surface area (Å²) in [5, 5.41) is 0. The van der Waals surface area contributed by atoms with Crippen LogP contribution in [0.15, 0.2) is 18.2 Å². The van der Waals surface area contributed by atoms with Crippen molar-refractivity contribution in [3.05, 3.63) is 35.4 Å². The average molecular weight is 173 g/mol. The van der Waals surface area contributed by atoms with Crippen molar-refractivity contribution < 1.29 is 13.2 Å². The molecule has 0 nitrogen and oxygen atoms in total. The van der Waals surface area contributed by atoms with Crippen LogP contribution in [0.4, 0.5) is 13.2 Å². The van der Waals surface area contributed by atoms with Crippen molar-refractivity contribution in [3.63, 3.8) is 0 Å². The van der Waals surface area contributed by atoms with Crippen molar-refractivity contribution >= 4 is 0 Å². The van der Waals surface area contributed by atoms with Crippen LogP contribution < -0.4 is 0 Å². The van der Waals surface area contributed by atoms with E-state index in [9.17, 15) is 13.2 Å². The summed E-state index contributed by atoms with van der Waals surface area (Å²) in [6.45, 7) is 1.69. The molecule has 0 N–H and O–H groups in total. The summed E-state index contributed by atoms with van der Waals surface area (Å²) < 4.78 is 36.7. The van der Waals surface area contributed by atoms with Gasteiger partial charge in [-0.1, -0.05) is 19.1 Å². The van der Waals surface area contributed by atoms with Crippen molar-refractivity contribution in [1.29, 1.82) is 0 Å². The summed E-state index contributed by atoms with van der Waals surface area (Å²) >= 11 is 0. The summed E-state index contributed by atoms with van der Waals surface area (Å²) in [5.74, 6) is 0. The molecule has 0 aliphatic carbocycles.